The fourth-order valence-corrected chi connectivity index (χ4v) is 2.13. The second-order valence-corrected chi connectivity index (χ2v) is 5.68. The highest BCUT2D eigenvalue weighted by Gasteiger charge is 2.15. The zero-order valence-corrected chi connectivity index (χ0v) is 9.49. The predicted octanol–water partition coefficient (Wildman–Crippen LogP) is 1.69. The lowest BCUT2D eigenvalue weighted by atomic mass is 10.1. The molecule has 1 radical (unpaired) electrons. The lowest BCUT2D eigenvalue weighted by Gasteiger charge is -1.99. The maximum Gasteiger partial charge on any atom is 0.171 e. The summed E-state index contributed by atoms with van der Waals surface area (Å²) in [5.41, 5.74) is 1.27. The Morgan fingerprint density at radius 2 is 2.00 bits per heavy atom. The third-order valence-corrected chi connectivity index (χ3v) is 2.85. The molecule has 0 amide bonds. The first kappa shape index (κ1) is 10.9. The molecule has 0 N–H and O–H groups in total. The van der Waals surface area contributed by atoms with E-state index in [0.717, 1.165) is 5.56 Å². The summed E-state index contributed by atoms with van der Waals surface area (Å²) in [5, 5.41) is 3.52. The largest absolute Gasteiger partial charge is 0.355 e. The third-order valence-electron chi connectivity index (χ3n) is 2.03. The van der Waals surface area contributed by atoms with Crippen molar-refractivity contribution in [2.45, 2.75) is 5.75 Å². The summed E-state index contributed by atoms with van der Waals surface area (Å²) in [5.74, 6) is 0.354. The van der Waals surface area contributed by atoms with E-state index in [4.69, 9.17) is 4.52 Å². The van der Waals surface area contributed by atoms with Crippen molar-refractivity contribution in [1.82, 2.24) is 5.16 Å². The molecule has 0 saturated heterocycles. The van der Waals surface area contributed by atoms with Crippen molar-refractivity contribution >= 4 is 9.84 Å². The van der Waals surface area contributed by atoms with Crippen molar-refractivity contribution in [1.29, 1.82) is 0 Å². The molecule has 0 aliphatic rings. The molecular formula is C11H10NO3S. The number of nitrogens with zero attached hydrogens (tertiary/aromatic N) is 1. The van der Waals surface area contributed by atoms with Gasteiger partial charge in [0, 0.05) is 17.4 Å². The van der Waals surface area contributed by atoms with Crippen molar-refractivity contribution in [2.24, 2.45) is 0 Å². The van der Waals surface area contributed by atoms with Crippen LogP contribution in [0.3, 0.4) is 0 Å². The fourth-order valence-electron chi connectivity index (χ4n) is 1.41. The van der Waals surface area contributed by atoms with Crippen LogP contribution >= 0.6 is 0 Å². The Morgan fingerprint density at radius 3 is 2.62 bits per heavy atom. The zero-order chi connectivity index (χ0) is 11.6. The van der Waals surface area contributed by atoms with Crippen molar-refractivity contribution in [2.75, 3.05) is 6.26 Å². The van der Waals surface area contributed by atoms with E-state index in [1.807, 2.05) is 30.3 Å². The first-order valence-electron chi connectivity index (χ1n) is 4.65. The van der Waals surface area contributed by atoms with E-state index in [9.17, 15) is 8.42 Å². The molecule has 1 heterocycles. The van der Waals surface area contributed by atoms with E-state index < -0.39 is 9.84 Å². The van der Waals surface area contributed by atoms with Gasteiger partial charge in [0.1, 0.15) is 6.20 Å². The van der Waals surface area contributed by atoms with Gasteiger partial charge in [0.25, 0.3) is 0 Å². The van der Waals surface area contributed by atoms with Crippen LogP contribution in [-0.4, -0.2) is 19.8 Å². The molecule has 0 aliphatic carbocycles. The lowest BCUT2D eigenvalue weighted by molar-refractivity contribution is 0.430. The average molecular weight is 236 g/mol. The number of sulfone groups is 1. The Kier molecular flexibility index (Phi) is 2.78. The van der Waals surface area contributed by atoms with Crippen LogP contribution in [0, 0.1) is 6.20 Å². The van der Waals surface area contributed by atoms with E-state index in [0.29, 0.717) is 11.3 Å². The predicted molar refractivity (Wildman–Crippen MR) is 59.3 cm³/mol. The molecule has 5 heteroatoms. The van der Waals surface area contributed by atoms with Crippen molar-refractivity contribution in [3.8, 4) is 11.3 Å². The Hall–Kier alpha value is -1.62. The maximum absolute atomic E-state index is 11.2. The summed E-state index contributed by atoms with van der Waals surface area (Å²) in [6.45, 7) is 0. The Labute approximate surface area is 93.8 Å². The normalized spacial score (nSPS) is 11.6. The fraction of sp³-hybridized carbons (Fsp3) is 0.182. The number of aromatic nitrogens is 1. The molecule has 1 aromatic heterocycles. The summed E-state index contributed by atoms with van der Waals surface area (Å²) in [6.07, 6.45) is 3.73. The van der Waals surface area contributed by atoms with Crippen LogP contribution in [0.1, 0.15) is 5.56 Å². The Morgan fingerprint density at radius 1 is 1.31 bits per heavy atom. The maximum atomic E-state index is 11.2. The average Bonchev–Trinajstić information content (AvgIpc) is 2.64. The van der Waals surface area contributed by atoms with Gasteiger partial charge in [-0.05, 0) is 0 Å². The summed E-state index contributed by atoms with van der Waals surface area (Å²) in [6, 6.07) is 9.24. The van der Waals surface area contributed by atoms with Gasteiger partial charge >= 0.3 is 0 Å². The minimum Gasteiger partial charge on any atom is -0.355 e. The minimum absolute atomic E-state index is 0.110. The molecule has 0 bridgehead atoms. The van der Waals surface area contributed by atoms with Gasteiger partial charge < -0.3 is 4.52 Å². The summed E-state index contributed by atoms with van der Waals surface area (Å²) >= 11 is 0. The SMILES string of the molecule is CS(=O)(=O)Cc1[c]noc1-c1ccccc1. The van der Waals surface area contributed by atoms with Gasteiger partial charge in [-0.1, -0.05) is 35.5 Å². The zero-order valence-electron chi connectivity index (χ0n) is 8.67. The third kappa shape index (κ3) is 2.49. The first-order chi connectivity index (χ1) is 7.56. The molecule has 2 rings (SSSR count). The molecule has 0 saturated carbocycles. The van der Waals surface area contributed by atoms with E-state index in [-0.39, 0.29) is 5.75 Å². The molecule has 0 fully saturated rings. The topological polar surface area (TPSA) is 60.2 Å². The monoisotopic (exact) mass is 236 g/mol. The number of hydrogen-bond acceptors (Lipinski definition) is 4. The van der Waals surface area contributed by atoms with Crippen LogP contribution in [0.5, 0.6) is 0 Å². The summed E-state index contributed by atoms with van der Waals surface area (Å²) in [7, 11) is -3.11. The molecule has 0 aliphatic heterocycles. The van der Waals surface area contributed by atoms with Gasteiger partial charge in [-0.25, -0.2) is 8.42 Å². The van der Waals surface area contributed by atoms with Gasteiger partial charge in [0.2, 0.25) is 0 Å². The number of rotatable bonds is 3. The molecule has 4 nitrogen and oxygen atoms in total. The van der Waals surface area contributed by atoms with Gasteiger partial charge in [-0.2, -0.15) is 0 Å². The Balaban J connectivity index is 2.41. The highest BCUT2D eigenvalue weighted by atomic mass is 32.2. The number of benzene rings is 1. The van der Waals surface area contributed by atoms with Crippen molar-refractivity contribution < 1.29 is 12.9 Å². The summed E-state index contributed by atoms with van der Waals surface area (Å²) in [4.78, 5) is 0. The standard InChI is InChI=1S/C11H10NO3S/c1-16(13,14)8-10-7-12-15-11(10)9-5-3-2-4-6-9/h2-6H,8H2,1H3. The second kappa shape index (κ2) is 4.09. The molecule has 83 valence electrons. The summed E-state index contributed by atoms with van der Waals surface area (Å²) < 4.78 is 27.4. The van der Waals surface area contributed by atoms with Crippen molar-refractivity contribution in [3.05, 3.63) is 42.1 Å². The highest BCUT2D eigenvalue weighted by molar-refractivity contribution is 7.89. The van der Waals surface area contributed by atoms with Gasteiger partial charge in [-0.3, -0.25) is 0 Å². The molecule has 0 spiro atoms. The minimum atomic E-state index is -3.11. The van der Waals surface area contributed by atoms with Gasteiger partial charge in [-0.15, -0.1) is 0 Å². The van der Waals surface area contributed by atoms with Crippen LogP contribution in [-0.2, 0) is 15.6 Å². The molecule has 0 unspecified atom stereocenters. The second-order valence-electron chi connectivity index (χ2n) is 3.54. The van der Waals surface area contributed by atoms with E-state index in [1.54, 1.807) is 0 Å². The van der Waals surface area contributed by atoms with Crippen molar-refractivity contribution in [3.63, 3.8) is 0 Å². The van der Waals surface area contributed by atoms with Crippen LogP contribution < -0.4 is 0 Å². The van der Waals surface area contributed by atoms with Crippen LogP contribution in [0.4, 0.5) is 0 Å². The number of hydrogen-bond donors (Lipinski definition) is 0. The molecular weight excluding hydrogens is 226 g/mol. The van der Waals surface area contributed by atoms with Crippen LogP contribution in [0.2, 0.25) is 0 Å². The van der Waals surface area contributed by atoms with E-state index in [2.05, 4.69) is 11.4 Å². The van der Waals surface area contributed by atoms with Crippen LogP contribution in [0.25, 0.3) is 11.3 Å². The van der Waals surface area contributed by atoms with Gasteiger partial charge in [0.15, 0.2) is 15.6 Å². The molecule has 2 aromatic rings. The molecule has 0 atom stereocenters. The lowest BCUT2D eigenvalue weighted by Crippen LogP contribution is -2.00. The molecule has 1 aromatic carbocycles. The highest BCUT2D eigenvalue weighted by Crippen LogP contribution is 2.23. The van der Waals surface area contributed by atoms with Gasteiger partial charge in [0.05, 0.1) is 5.75 Å². The first-order valence-corrected chi connectivity index (χ1v) is 6.72. The Bertz CT molecular complexity index is 572. The smallest absolute Gasteiger partial charge is 0.171 e. The van der Waals surface area contributed by atoms with Crippen LogP contribution in [0.15, 0.2) is 34.9 Å². The van der Waals surface area contributed by atoms with E-state index in [1.165, 1.54) is 6.26 Å². The molecule has 16 heavy (non-hydrogen) atoms. The quantitative estimate of drug-likeness (QED) is 0.813. The van der Waals surface area contributed by atoms with E-state index >= 15 is 0 Å².